The predicted octanol–water partition coefficient (Wildman–Crippen LogP) is 10.1. The molecule has 0 unspecified atom stereocenters. The summed E-state index contributed by atoms with van der Waals surface area (Å²) in [4.78, 5) is 29.7. The zero-order valence-corrected chi connectivity index (χ0v) is 26.5. The number of aromatic nitrogens is 1. The minimum absolute atomic E-state index is 0. The molecule has 3 heterocycles. The minimum Gasteiger partial charge on any atom is -0.496 e. The first-order valence-electron chi connectivity index (χ1n) is 15.3. The number of carboxylic acid groups (broad SMARTS) is 1. The molecular formula is C36H30F9N3O4. The number of carbonyl (C=O) groups is 2. The van der Waals surface area contributed by atoms with Crippen LogP contribution < -0.4 is 10.1 Å². The third-order valence-electron chi connectivity index (χ3n) is 9.16. The number of hydrogen-bond donors (Lipinski definition) is 2. The summed E-state index contributed by atoms with van der Waals surface area (Å²) < 4.78 is 130. The number of benzene rings is 3. The second-order valence-electron chi connectivity index (χ2n) is 12.2. The minimum atomic E-state index is -5.14. The van der Waals surface area contributed by atoms with Crippen molar-refractivity contribution in [2.24, 2.45) is 0 Å². The van der Waals surface area contributed by atoms with Gasteiger partial charge in [-0.05, 0) is 96.1 Å². The van der Waals surface area contributed by atoms with Crippen molar-refractivity contribution in [1.29, 1.82) is 0 Å². The van der Waals surface area contributed by atoms with Crippen LogP contribution in [-0.4, -0.2) is 40.1 Å². The number of carbonyl (C=O) groups excluding carboxylic acids is 1. The van der Waals surface area contributed by atoms with Gasteiger partial charge in [-0.3, -0.25) is 4.98 Å². The highest BCUT2D eigenvalue weighted by Crippen LogP contribution is 2.50. The second kappa shape index (κ2) is 13.4. The van der Waals surface area contributed by atoms with E-state index in [1.807, 2.05) is 0 Å². The van der Waals surface area contributed by atoms with Crippen LogP contribution in [-0.2, 0) is 18.5 Å². The predicted molar refractivity (Wildman–Crippen MR) is 170 cm³/mol. The number of nitrogens with one attached hydrogen (secondary N) is 1. The summed E-state index contributed by atoms with van der Waals surface area (Å²) >= 11 is 0. The summed E-state index contributed by atoms with van der Waals surface area (Å²) in [5, 5.41) is 11.8. The Morgan fingerprint density at radius 3 is 2.06 bits per heavy atom. The highest BCUT2D eigenvalue weighted by molar-refractivity contribution is 5.89. The highest BCUT2D eigenvalue weighted by atomic mass is 19.4. The van der Waals surface area contributed by atoms with E-state index >= 15 is 0 Å². The van der Waals surface area contributed by atoms with Gasteiger partial charge in [0.1, 0.15) is 11.4 Å². The number of alkyl halides is 9. The molecule has 7 nitrogen and oxygen atoms in total. The van der Waals surface area contributed by atoms with E-state index in [1.165, 1.54) is 19.2 Å². The Labute approximate surface area is 291 Å². The Morgan fingerprint density at radius 1 is 0.846 bits per heavy atom. The Morgan fingerprint density at radius 2 is 1.50 bits per heavy atom. The van der Waals surface area contributed by atoms with Crippen LogP contribution in [0.4, 0.5) is 44.3 Å². The van der Waals surface area contributed by atoms with Crippen molar-refractivity contribution in [3.63, 3.8) is 0 Å². The standard InChI is InChI=1S/C35H26F9N3O4.CH4/c1-16-9-18(31(48)49)3-5-22(16)17-4-8-28(51-2)24(12-17)25-15-45-29(35(42,43)44)14-23(25)26-6-7-27-30(46-32(50)47(26)27)19-10-20(33(36,37)38)13-21(11-19)34(39,40)41;/h3-5,8-15,26-27,30H,6-7H2,1-2H3,(H,46,50)(H,48,49);1H4/t26-,27-,30+;/m0./s1. The molecule has 0 bridgehead atoms. The molecule has 2 fully saturated rings. The van der Waals surface area contributed by atoms with Crippen LogP contribution in [0.15, 0.2) is 66.9 Å². The van der Waals surface area contributed by atoms with Gasteiger partial charge in [0, 0.05) is 17.3 Å². The van der Waals surface area contributed by atoms with E-state index in [0.717, 1.165) is 17.2 Å². The summed E-state index contributed by atoms with van der Waals surface area (Å²) in [7, 11) is 1.33. The van der Waals surface area contributed by atoms with Gasteiger partial charge >= 0.3 is 30.5 Å². The molecule has 0 saturated carbocycles. The molecule has 0 radical (unpaired) electrons. The van der Waals surface area contributed by atoms with Crippen molar-refractivity contribution >= 4 is 12.0 Å². The smallest absolute Gasteiger partial charge is 0.433 e. The van der Waals surface area contributed by atoms with E-state index in [2.05, 4.69) is 10.3 Å². The summed E-state index contributed by atoms with van der Waals surface area (Å²) in [5.41, 5.74) is -2.75. The van der Waals surface area contributed by atoms with Gasteiger partial charge in [0.15, 0.2) is 0 Å². The van der Waals surface area contributed by atoms with Gasteiger partial charge in [-0.15, -0.1) is 0 Å². The Kier molecular flexibility index (Phi) is 9.76. The van der Waals surface area contributed by atoms with Crippen molar-refractivity contribution < 1.29 is 58.9 Å². The van der Waals surface area contributed by atoms with Crippen LogP contribution in [0, 0.1) is 6.92 Å². The number of pyridine rings is 1. The van der Waals surface area contributed by atoms with Crippen molar-refractivity contribution in [3.8, 4) is 28.0 Å². The van der Waals surface area contributed by atoms with Crippen LogP contribution in [0.1, 0.15) is 76.2 Å². The van der Waals surface area contributed by atoms with Gasteiger partial charge in [-0.1, -0.05) is 19.6 Å². The Balaban J connectivity index is 0.00000523. The lowest BCUT2D eigenvalue weighted by atomic mass is 9.90. The molecular weight excluding hydrogens is 709 g/mol. The fraction of sp³-hybridized carbons (Fsp3) is 0.306. The molecule has 2 amide bonds. The molecule has 3 aromatic carbocycles. The quantitative estimate of drug-likeness (QED) is 0.192. The fourth-order valence-corrected chi connectivity index (χ4v) is 6.86. The first kappa shape index (κ1) is 38.0. The SMILES string of the molecule is C.COc1ccc(-c2ccc(C(=O)O)cc2C)cc1-c1cnc(C(F)(F)F)cc1[C@@H]1CC[C@H]2[C@@H](c3cc(C(F)(F)F)cc(C(F)(F)F)c3)NC(=O)N12. The average molecular weight is 740 g/mol. The highest BCUT2D eigenvalue weighted by Gasteiger charge is 2.50. The van der Waals surface area contributed by atoms with Crippen molar-refractivity contribution in [2.45, 2.75) is 63.8 Å². The summed E-state index contributed by atoms with van der Waals surface area (Å²) in [5.74, 6) is -0.930. The normalized spacial score (nSPS) is 18.9. The van der Waals surface area contributed by atoms with E-state index in [-0.39, 0.29) is 54.3 Å². The van der Waals surface area contributed by atoms with Gasteiger partial charge < -0.3 is 20.1 Å². The molecule has 6 rings (SSSR count). The van der Waals surface area contributed by atoms with E-state index in [1.54, 1.807) is 31.2 Å². The lowest BCUT2D eigenvalue weighted by Crippen LogP contribution is -2.32. The number of amides is 2. The molecule has 2 aliphatic heterocycles. The molecule has 0 spiro atoms. The van der Waals surface area contributed by atoms with Crippen LogP contribution in [0.25, 0.3) is 22.3 Å². The van der Waals surface area contributed by atoms with Gasteiger partial charge in [-0.2, -0.15) is 39.5 Å². The number of halogens is 9. The van der Waals surface area contributed by atoms with Crippen molar-refractivity contribution in [2.75, 3.05) is 7.11 Å². The molecule has 276 valence electrons. The van der Waals surface area contributed by atoms with Crippen LogP contribution in [0.2, 0.25) is 0 Å². The molecule has 4 aromatic rings. The monoisotopic (exact) mass is 739 g/mol. The Bertz CT molecular complexity index is 2010. The Hall–Kier alpha value is -5.28. The fourth-order valence-electron chi connectivity index (χ4n) is 6.86. The maximum absolute atomic E-state index is 14.0. The molecule has 1 aromatic heterocycles. The molecule has 3 atom stereocenters. The van der Waals surface area contributed by atoms with Crippen molar-refractivity contribution in [1.82, 2.24) is 15.2 Å². The van der Waals surface area contributed by atoms with Gasteiger partial charge in [-0.25, -0.2) is 9.59 Å². The maximum Gasteiger partial charge on any atom is 0.433 e. The number of ether oxygens (including phenoxy) is 1. The first-order chi connectivity index (χ1) is 23.8. The number of fused-ring (bicyclic) bond motifs is 1. The molecule has 0 aliphatic carbocycles. The van der Waals surface area contributed by atoms with Crippen LogP contribution >= 0.6 is 0 Å². The van der Waals surface area contributed by atoms with Gasteiger partial charge in [0.05, 0.1) is 41.9 Å². The van der Waals surface area contributed by atoms with E-state index in [0.29, 0.717) is 28.8 Å². The number of aromatic carboxylic acids is 1. The summed E-state index contributed by atoms with van der Waals surface area (Å²) in [6.07, 6.45) is -14.2. The number of aryl methyl sites for hydroxylation is 1. The molecule has 2 saturated heterocycles. The maximum atomic E-state index is 14.0. The zero-order valence-electron chi connectivity index (χ0n) is 26.5. The lowest BCUT2D eigenvalue weighted by molar-refractivity contribution is -0.143. The number of methoxy groups -OCH3 is 1. The number of hydrogen-bond acceptors (Lipinski definition) is 4. The third-order valence-corrected chi connectivity index (χ3v) is 9.16. The van der Waals surface area contributed by atoms with Gasteiger partial charge in [0.2, 0.25) is 0 Å². The van der Waals surface area contributed by atoms with E-state index < -0.39 is 71.0 Å². The summed E-state index contributed by atoms with van der Waals surface area (Å²) in [6, 6.07) is 6.71. The van der Waals surface area contributed by atoms with Crippen molar-refractivity contribution in [3.05, 3.63) is 106 Å². The lowest BCUT2D eigenvalue weighted by Gasteiger charge is -2.27. The molecule has 2 aliphatic rings. The zero-order chi connectivity index (χ0) is 37.2. The average Bonchev–Trinajstić information content (AvgIpc) is 3.63. The largest absolute Gasteiger partial charge is 0.496 e. The number of carboxylic acids is 1. The van der Waals surface area contributed by atoms with E-state index in [9.17, 15) is 54.2 Å². The summed E-state index contributed by atoms with van der Waals surface area (Å²) in [6.45, 7) is 1.68. The molecule has 16 heteroatoms. The number of rotatable bonds is 6. The van der Waals surface area contributed by atoms with Crippen LogP contribution in [0.5, 0.6) is 5.75 Å². The molecule has 52 heavy (non-hydrogen) atoms. The number of urea groups is 1. The topological polar surface area (TPSA) is 91.8 Å². The van der Waals surface area contributed by atoms with Gasteiger partial charge in [0.25, 0.3) is 0 Å². The third kappa shape index (κ3) is 6.97. The first-order valence-corrected chi connectivity index (χ1v) is 15.3. The van der Waals surface area contributed by atoms with Crippen LogP contribution in [0.3, 0.4) is 0 Å². The number of nitrogens with zero attached hydrogens (tertiary/aromatic N) is 2. The molecule has 2 N–H and O–H groups in total. The van der Waals surface area contributed by atoms with E-state index in [4.69, 9.17) is 4.74 Å². The second-order valence-corrected chi connectivity index (χ2v) is 12.2.